The largest absolute Gasteiger partial charge is 0.444 e. The third kappa shape index (κ3) is 4.77. The molecular formula is C24H34ClN3O4S. The standard InChI is InChI=1S/C24H34ClN3O4S/c25-18-6-9-21(10-7-18)33(30,31)28-20-4-3-5-22(28)23(11-8-20)32-24(29)27-16-12-19(13-17-27)26-14-1-2-15-26/h6-7,9-10,19-20,22-23H,1-5,8,11-17H2/t20?,22?,23-/m0/s1. The molecule has 1 aromatic carbocycles. The molecule has 0 aliphatic carbocycles. The topological polar surface area (TPSA) is 70.2 Å². The van der Waals surface area contributed by atoms with Crippen molar-refractivity contribution in [2.45, 2.75) is 86.9 Å². The second-order valence-electron chi connectivity index (χ2n) is 9.90. The SMILES string of the molecule is O=C(O[C@H]1CCC2CCCC1N2S(=O)(=O)c1ccc(Cl)cc1)N1CCC(N2CCCC2)CC1. The second-order valence-corrected chi connectivity index (χ2v) is 12.2. The van der Waals surface area contributed by atoms with Gasteiger partial charge in [-0.3, -0.25) is 0 Å². The zero-order valence-electron chi connectivity index (χ0n) is 19.1. The number of benzene rings is 1. The Balaban J connectivity index is 1.25. The van der Waals surface area contributed by atoms with Crippen LogP contribution in [-0.2, 0) is 14.8 Å². The lowest BCUT2D eigenvalue weighted by Crippen LogP contribution is -2.59. The lowest BCUT2D eigenvalue weighted by Gasteiger charge is -2.48. The molecule has 33 heavy (non-hydrogen) atoms. The molecule has 0 spiro atoms. The zero-order chi connectivity index (χ0) is 23.0. The van der Waals surface area contributed by atoms with E-state index in [-0.39, 0.29) is 23.1 Å². The highest BCUT2D eigenvalue weighted by Gasteiger charge is 2.48. The van der Waals surface area contributed by atoms with Gasteiger partial charge in [0.15, 0.2) is 0 Å². The average molecular weight is 496 g/mol. The summed E-state index contributed by atoms with van der Waals surface area (Å²) in [5, 5.41) is 0.507. The van der Waals surface area contributed by atoms with Crippen molar-refractivity contribution in [2.75, 3.05) is 26.2 Å². The quantitative estimate of drug-likeness (QED) is 0.628. The minimum atomic E-state index is -3.68. The molecule has 9 heteroatoms. The highest BCUT2D eigenvalue weighted by Crippen LogP contribution is 2.39. The summed E-state index contributed by atoms with van der Waals surface area (Å²) in [6.45, 7) is 3.79. The first-order valence-corrected chi connectivity index (χ1v) is 14.2. The average Bonchev–Trinajstić information content (AvgIpc) is 3.36. The number of piperidine rings is 3. The van der Waals surface area contributed by atoms with Crippen LogP contribution in [0.3, 0.4) is 0 Å². The van der Waals surface area contributed by atoms with Crippen LogP contribution in [0.2, 0.25) is 5.02 Å². The molecule has 4 saturated heterocycles. The molecule has 1 amide bonds. The van der Waals surface area contributed by atoms with E-state index in [4.69, 9.17) is 16.3 Å². The normalized spacial score (nSPS) is 29.8. The summed E-state index contributed by atoms with van der Waals surface area (Å²) in [5.74, 6) is 0. The van der Waals surface area contributed by atoms with Gasteiger partial charge in [0.1, 0.15) is 6.10 Å². The van der Waals surface area contributed by atoms with Crippen LogP contribution in [0.25, 0.3) is 0 Å². The van der Waals surface area contributed by atoms with E-state index in [2.05, 4.69) is 4.90 Å². The van der Waals surface area contributed by atoms with Gasteiger partial charge in [-0.1, -0.05) is 18.0 Å². The number of amides is 1. The van der Waals surface area contributed by atoms with Crippen molar-refractivity contribution in [2.24, 2.45) is 0 Å². The summed E-state index contributed by atoms with van der Waals surface area (Å²) >= 11 is 5.97. The van der Waals surface area contributed by atoms with Gasteiger partial charge in [-0.2, -0.15) is 4.31 Å². The predicted octanol–water partition coefficient (Wildman–Crippen LogP) is 4.11. The molecule has 4 aliphatic rings. The van der Waals surface area contributed by atoms with E-state index >= 15 is 0 Å². The molecule has 0 N–H and O–H groups in total. The summed E-state index contributed by atoms with van der Waals surface area (Å²) in [6.07, 6.45) is 7.83. The first-order valence-electron chi connectivity index (χ1n) is 12.4. The fourth-order valence-corrected chi connectivity index (χ4v) is 8.27. The Kier molecular flexibility index (Phi) is 6.89. The molecule has 0 radical (unpaired) electrons. The van der Waals surface area contributed by atoms with Crippen molar-refractivity contribution in [3.63, 3.8) is 0 Å². The van der Waals surface area contributed by atoms with E-state index in [1.54, 1.807) is 28.6 Å². The molecule has 7 nitrogen and oxygen atoms in total. The smallest absolute Gasteiger partial charge is 0.410 e. The van der Waals surface area contributed by atoms with Gasteiger partial charge >= 0.3 is 6.09 Å². The Morgan fingerprint density at radius 2 is 1.55 bits per heavy atom. The third-order valence-corrected chi connectivity index (χ3v) is 10.2. The number of ether oxygens (including phenoxy) is 1. The number of carbonyl (C=O) groups is 1. The minimum Gasteiger partial charge on any atom is -0.444 e. The number of rotatable bonds is 4. The molecular weight excluding hydrogens is 462 g/mol. The van der Waals surface area contributed by atoms with Gasteiger partial charge in [0, 0.05) is 30.2 Å². The van der Waals surface area contributed by atoms with E-state index in [1.165, 1.54) is 25.9 Å². The number of hydrogen-bond acceptors (Lipinski definition) is 5. The van der Waals surface area contributed by atoms with Crippen molar-refractivity contribution in [3.05, 3.63) is 29.3 Å². The highest BCUT2D eigenvalue weighted by atomic mass is 35.5. The summed E-state index contributed by atoms with van der Waals surface area (Å²) in [6, 6.07) is 6.58. The molecule has 5 rings (SSSR count). The van der Waals surface area contributed by atoms with Crippen LogP contribution < -0.4 is 0 Å². The maximum Gasteiger partial charge on any atom is 0.410 e. The van der Waals surface area contributed by atoms with Crippen molar-refractivity contribution < 1.29 is 17.9 Å². The van der Waals surface area contributed by atoms with Gasteiger partial charge in [0.2, 0.25) is 10.0 Å². The number of likely N-dealkylation sites (tertiary alicyclic amines) is 2. The molecule has 4 fully saturated rings. The van der Waals surface area contributed by atoms with Crippen LogP contribution >= 0.6 is 11.6 Å². The van der Waals surface area contributed by atoms with Gasteiger partial charge in [0.25, 0.3) is 0 Å². The molecule has 1 aromatic rings. The van der Waals surface area contributed by atoms with Crippen LogP contribution in [0.15, 0.2) is 29.2 Å². The van der Waals surface area contributed by atoms with Gasteiger partial charge < -0.3 is 14.5 Å². The van der Waals surface area contributed by atoms with E-state index in [9.17, 15) is 13.2 Å². The summed E-state index contributed by atoms with van der Waals surface area (Å²) < 4.78 is 34.7. The van der Waals surface area contributed by atoms with Gasteiger partial charge in [-0.15, -0.1) is 0 Å². The van der Waals surface area contributed by atoms with Gasteiger partial charge in [-0.05, 0) is 88.7 Å². The fraction of sp³-hybridized carbons (Fsp3) is 0.708. The Morgan fingerprint density at radius 3 is 2.24 bits per heavy atom. The Hall–Kier alpha value is -1.35. The van der Waals surface area contributed by atoms with E-state index < -0.39 is 16.1 Å². The van der Waals surface area contributed by atoms with Crippen LogP contribution in [0.4, 0.5) is 4.79 Å². The number of fused-ring (bicyclic) bond motifs is 2. The van der Waals surface area contributed by atoms with E-state index in [1.807, 2.05) is 4.90 Å². The van der Waals surface area contributed by atoms with Gasteiger partial charge in [0.05, 0.1) is 10.9 Å². The fourth-order valence-electron chi connectivity index (χ4n) is 6.22. The summed E-state index contributed by atoms with van der Waals surface area (Å²) in [4.78, 5) is 17.7. The van der Waals surface area contributed by atoms with Crippen LogP contribution in [0.5, 0.6) is 0 Å². The Morgan fingerprint density at radius 1 is 0.848 bits per heavy atom. The summed E-state index contributed by atoms with van der Waals surface area (Å²) in [7, 11) is -3.68. The van der Waals surface area contributed by atoms with Crippen LogP contribution in [0.1, 0.15) is 57.8 Å². The molecule has 0 aromatic heterocycles. The number of sulfonamides is 1. The lowest BCUT2D eigenvalue weighted by atomic mass is 9.85. The first kappa shape index (κ1) is 23.4. The zero-order valence-corrected chi connectivity index (χ0v) is 20.6. The third-order valence-electron chi connectivity index (χ3n) is 7.96. The molecule has 2 unspecified atom stereocenters. The molecule has 4 heterocycles. The van der Waals surface area contributed by atoms with Crippen LogP contribution in [-0.4, -0.2) is 79.0 Å². The monoisotopic (exact) mass is 495 g/mol. The Labute approximate surface area is 202 Å². The first-order chi connectivity index (χ1) is 15.9. The lowest BCUT2D eigenvalue weighted by molar-refractivity contribution is -0.0284. The van der Waals surface area contributed by atoms with Crippen molar-refractivity contribution in [1.82, 2.24) is 14.1 Å². The summed E-state index contributed by atoms with van der Waals surface area (Å²) in [5.41, 5.74) is 0. The molecule has 2 bridgehead atoms. The molecule has 0 saturated carbocycles. The number of carbonyl (C=O) groups excluding carboxylic acids is 1. The van der Waals surface area contributed by atoms with Crippen LogP contribution in [0, 0.1) is 0 Å². The van der Waals surface area contributed by atoms with Gasteiger partial charge in [-0.25, -0.2) is 13.2 Å². The maximum atomic E-state index is 13.5. The second kappa shape index (κ2) is 9.72. The highest BCUT2D eigenvalue weighted by molar-refractivity contribution is 7.89. The Bertz CT molecular complexity index is 943. The van der Waals surface area contributed by atoms with Crippen molar-refractivity contribution in [3.8, 4) is 0 Å². The van der Waals surface area contributed by atoms with Crippen molar-refractivity contribution in [1.29, 1.82) is 0 Å². The molecule has 182 valence electrons. The number of hydrogen-bond donors (Lipinski definition) is 0. The van der Waals surface area contributed by atoms with E-state index in [0.717, 1.165) is 44.9 Å². The van der Waals surface area contributed by atoms with Crippen molar-refractivity contribution >= 4 is 27.7 Å². The number of nitrogens with zero attached hydrogens (tertiary/aromatic N) is 3. The minimum absolute atomic E-state index is 0.0319. The molecule has 3 atom stereocenters. The predicted molar refractivity (Wildman–Crippen MR) is 127 cm³/mol. The number of halogens is 1. The maximum absolute atomic E-state index is 13.5. The molecule has 4 aliphatic heterocycles. The van der Waals surface area contributed by atoms with E-state index in [0.29, 0.717) is 24.2 Å².